The molecule has 1 aliphatic heterocycles. The van der Waals surface area contributed by atoms with Crippen molar-refractivity contribution in [2.24, 2.45) is 0 Å². The Morgan fingerprint density at radius 1 is 0.828 bits per heavy atom. The highest BCUT2D eigenvalue weighted by Crippen LogP contribution is 2.31. The van der Waals surface area contributed by atoms with Crippen molar-refractivity contribution in [3.63, 3.8) is 0 Å². The third-order valence-corrected chi connectivity index (χ3v) is 5.66. The predicted molar refractivity (Wildman–Crippen MR) is 115 cm³/mol. The van der Waals surface area contributed by atoms with Crippen LogP contribution in [-0.4, -0.2) is 26.7 Å². The fourth-order valence-electron chi connectivity index (χ4n) is 4.06. The Balaban J connectivity index is 1.39. The van der Waals surface area contributed by atoms with Gasteiger partial charge in [0.15, 0.2) is 0 Å². The van der Waals surface area contributed by atoms with Gasteiger partial charge in [0.05, 0.1) is 5.69 Å². The molecule has 2 heterocycles. The van der Waals surface area contributed by atoms with Crippen LogP contribution in [0.3, 0.4) is 0 Å². The van der Waals surface area contributed by atoms with Gasteiger partial charge in [-0.25, -0.2) is 0 Å². The molecule has 1 aliphatic rings. The van der Waals surface area contributed by atoms with Crippen LogP contribution in [0.25, 0.3) is 22.4 Å². The molecule has 0 fully saturated rings. The van der Waals surface area contributed by atoms with Crippen LogP contribution >= 0.6 is 0 Å². The first-order valence-electron chi connectivity index (χ1n) is 9.99. The summed E-state index contributed by atoms with van der Waals surface area (Å²) >= 11 is 0. The molecule has 0 amide bonds. The normalized spacial score (nSPS) is 13.9. The van der Waals surface area contributed by atoms with Gasteiger partial charge in [0, 0.05) is 48.4 Å². The van der Waals surface area contributed by atoms with E-state index in [1.165, 1.54) is 22.4 Å². The number of hydrogen-bond donors (Lipinski definition) is 2. The maximum atomic E-state index is 10.1. The molecule has 0 bridgehead atoms. The van der Waals surface area contributed by atoms with Crippen LogP contribution in [0, 0.1) is 0 Å². The van der Waals surface area contributed by atoms with Crippen LogP contribution in [0.15, 0.2) is 78.9 Å². The molecule has 0 atom stereocenters. The molecule has 0 aliphatic carbocycles. The van der Waals surface area contributed by atoms with Gasteiger partial charge in [0.25, 0.3) is 0 Å². The lowest BCUT2D eigenvalue weighted by atomic mass is 9.98. The number of nitrogens with one attached hydrogen (secondary N) is 1. The van der Waals surface area contributed by atoms with Gasteiger partial charge in [0.1, 0.15) is 5.75 Å². The summed E-state index contributed by atoms with van der Waals surface area (Å²) in [5.41, 5.74) is 8.04. The molecule has 0 spiro atoms. The minimum atomic E-state index is 0.363. The number of aromatic nitrogens is 2. The number of para-hydroxylation sites is 1. The third-order valence-electron chi connectivity index (χ3n) is 5.66. The second-order valence-corrected chi connectivity index (χ2v) is 7.56. The lowest BCUT2D eigenvalue weighted by Gasteiger charge is -2.27. The van der Waals surface area contributed by atoms with E-state index in [9.17, 15) is 5.11 Å². The molecule has 4 heteroatoms. The van der Waals surface area contributed by atoms with Crippen molar-refractivity contribution in [3.05, 3.63) is 95.7 Å². The lowest BCUT2D eigenvalue weighted by Crippen LogP contribution is -2.30. The van der Waals surface area contributed by atoms with Crippen molar-refractivity contribution in [2.75, 3.05) is 6.54 Å². The summed E-state index contributed by atoms with van der Waals surface area (Å²) in [6.07, 6.45) is 0.942. The second-order valence-electron chi connectivity index (χ2n) is 7.56. The second kappa shape index (κ2) is 7.57. The number of benzene rings is 3. The van der Waals surface area contributed by atoms with Crippen LogP contribution in [0.2, 0.25) is 0 Å². The molecule has 29 heavy (non-hydrogen) atoms. The van der Waals surface area contributed by atoms with Gasteiger partial charge in [0.2, 0.25) is 0 Å². The summed E-state index contributed by atoms with van der Waals surface area (Å²) in [6.45, 7) is 2.52. The van der Waals surface area contributed by atoms with Gasteiger partial charge in [-0.1, -0.05) is 72.8 Å². The Labute approximate surface area is 170 Å². The third kappa shape index (κ3) is 3.55. The zero-order valence-corrected chi connectivity index (χ0v) is 16.2. The monoisotopic (exact) mass is 381 g/mol. The number of rotatable bonds is 4. The van der Waals surface area contributed by atoms with Gasteiger partial charge >= 0.3 is 0 Å². The molecule has 5 rings (SSSR count). The number of fused-ring (bicyclic) bond motifs is 1. The molecule has 3 aromatic carbocycles. The molecule has 0 saturated heterocycles. The van der Waals surface area contributed by atoms with Gasteiger partial charge in [-0.3, -0.25) is 10.00 Å². The topological polar surface area (TPSA) is 52.1 Å². The minimum absolute atomic E-state index is 0.363. The molecule has 4 nitrogen and oxygen atoms in total. The van der Waals surface area contributed by atoms with Crippen LogP contribution in [0.1, 0.15) is 16.8 Å². The first kappa shape index (κ1) is 17.7. The van der Waals surface area contributed by atoms with E-state index in [2.05, 4.69) is 63.6 Å². The molecular formula is C25H23N3O. The Morgan fingerprint density at radius 3 is 2.31 bits per heavy atom. The van der Waals surface area contributed by atoms with Crippen LogP contribution in [0.5, 0.6) is 5.75 Å². The predicted octanol–water partition coefficient (Wildman–Crippen LogP) is 5.01. The number of aromatic hydroxyl groups is 1. The van der Waals surface area contributed by atoms with Crippen molar-refractivity contribution < 1.29 is 5.11 Å². The quantitative estimate of drug-likeness (QED) is 0.523. The lowest BCUT2D eigenvalue weighted by molar-refractivity contribution is 0.242. The maximum Gasteiger partial charge on any atom is 0.120 e. The van der Waals surface area contributed by atoms with Crippen molar-refractivity contribution in [2.45, 2.75) is 19.5 Å². The number of hydrogen-bond acceptors (Lipinski definition) is 3. The fourth-order valence-corrected chi connectivity index (χ4v) is 4.06. The standard InChI is InChI=1S/C25H23N3O/c29-24-9-5-4-8-21(24)16-28-15-14-23-22(17-28)25(27-26-23)20-12-10-19(11-13-20)18-6-2-1-3-7-18/h1-13,29H,14-17H2,(H,26,27). The van der Waals surface area contributed by atoms with Gasteiger partial charge in [-0.05, 0) is 17.2 Å². The van der Waals surface area contributed by atoms with Gasteiger partial charge < -0.3 is 5.11 Å². The molecule has 2 N–H and O–H groups in total. The van der Waals surface area contributed by atoms with Gasteiger partial charge in [-0.2, -0.15) is 5.10 Å². The summed E-state index contributed by atoms with van der Waals surface area (Å²) in [4.78, 5) is 2.37. The Hall–Kier alpha value is -3.37. The highest BCUT2D eigenvalue weighted by atomic mass is 16.3. The van der Waals surface area contributed by atoms with E-state index in [0.717, 1.165) is 42.9 Å². The number of phenolic OH excluding ortho intramolecular Hbond substituents is 1. The number of nitrogens with zero attached hydrogens (tertiary/aromatic N) is 2. The minimum Gasteiger partial charge on any atom is -0.508 e. The molecule has 1 aromatic heterocycles. The Morgan fingerprint density at radius 2 is 1.52 bits per heavy atom. The average molecular weight is 381 g/mol. The van der Waals surface area contributed by atoms with Crippen molar-refractivity contribution in [1.82, 2.24) is 15.1 Å². The summed E-state index contributed by atoms with van der Waals surface area (Å²) in [5, 5.41) is 18.0. The van der Waals surface area contributed by atoms with Gasteiger partial charge in [-0.15, -0.1) is 0 Å². The van der Waals surface area contributed by atoms with E-state index in [1.54, 1.807) is 6.07 Å². The first-order valence-corrected chi connectivity index (χ1v) is 9.99. The van der Waals surface area contributed by atoms with E-state index >= 15 is 0 Å². The zero-order valence-electron chi connectivity index (χ0n) is 16.2. The van der Waals surface area contributed by atoms with E-state index < -0.39 is 0 Å². The zero-order chi connectivity index (χ0) is 19.6. The van der Waals surface area contributed by atoms with Crippen LogP contribution in [-0.2, 0) is 19.5 Å². The molecule has 144 valence electrons. The highest BCUT2D eigenvalue weighted by molar-refractivity contribution is 5.70. The van der Waals surface area contributed by atoms with Crippen molar-refractivity contribution >= 4 is 0 Å². The summed E-state index contributed by atoms with van der Waals surface area (Å²) in [7, 11) is 0. The summed E-state index contributed by atoms with van der Waals surface area (Å²) in [6, 6.07) is 26.6. The molecule has 0 saturated carbocycles. The number of aromatic amines is 1. The fraction of sp³-hybridized carbons (Fsp3) is 0.160. The molecule has 0 radical (unpaired) electrons. The van der Waals surface area contributed by atoms with Crippen LogP contribution < -0.4 is 0 Å². The first-order chi connectivity index (χ1) is 14.3. The number of phenols is 1. The largest absolute Gasteiger partial charge is 0.508 e. The van der Waals surface area contributed by atoms with E-state index in [-0.39, 0.29) is 0 Å². The van der Waals surface area contributed by atoms with Crippen molar-refractivity contribution in [3.8, 4) is 28.1 Å². The summed E-state index contributed by atoms with van der Waals surface area (Å²) in [5.74, 6) is 0.363. The average Bonchev–Trinajstić information content (AvgIpc) is 3.19. The van der Waals surface area contributed by atoms with E-state index in [1.807, 2.05) is 24.3 Å². The molecule has 4 aromatic rings. The van der Waals surface area contributed by atoms with E-state index in [4.69, 9.17) is 0 Å². The van der Waals surface area contributed by atoms with E-state index in [0.29, 0.717) is 5.75 Å². The SMILES string of the molecule is Oc1ccccc1CN1CCc2[nH]nc(-c3ccc(-c4ccccc4)cc3)c2C1. The van der Waals surface area contributed by atoms with Crippen molar-refractivity contribution in [1.29, 1.82) is 0 Å². The highest BCUT2D eigenvalue weighted by Gasteiger charge is 2.23. The Bertz CT molecular complexity index is 1120. The summed E-state index contributed by atoms with van der Waals surface area (Å²) < 4.78 is 0. The smallest absolute Gasteiger partial charge is 0.120 e. The van der Waals surface area contributed by atoms with Crippen LogP contribution in [0.4, 0.5) is 0 Å². The Kier molecular flexibility index (Phi) is 4.62. The molecular weight excluding hydrogens is 358 g/mol. The molecule has 0 unspecified atom stereocenters. The maximum absolute atomic E-state index is 10.1. The number of H-pyrrole nitrogens is 1.